The molecule has 0 aliphatic rings. The number of nitrogens with zero attached hydrogens (tertiary/aromatic N) is 1. The van der Waals surface area contributed by atoms with Gasteiger partial charge in [0.25, 0.3) is 0 Å². The van der Waals surface area contributed by atoms with Crippen molar-refractivity contribution in [3.8, 4) is 0 Å². The van der Waals surface area contributed by atoms with Gasteiger partial charge in [0.1, 0.15) is 0 Å². The molecule has 1 aromatic rings. The second-order valence-corrected chi connectivity index (χ2v) is 3.16. The highest BCUT2D eigenvalue weighted by Crippen LogP contribution is 2.16. The molecule has 0 radical (unpaired) electrons. The summed E-state index contributed by atoms with van der Waals surface area (Å²) in [6, 6.07) is 3.51. The van der Waals surface area contributed by atoms with Gasteiger partial charge in [0.15, 0.2) is 0 Å². The first kappa shape index (κ1) is 10.2. The molecule has 0 saturated carbocycles. The van der Waals surface area contributed by atoms with E-state index in [0.29, 0.717) is 28.4 Å². The van der Waals surface area contributed by atoms with E-state index in [-0.39, 0.29) is 0 Å². The number of hydrogen-bond acceptors (Lipinski definition) is 4. The Morgan fingerprint density at radius 3 is 2.36 bits per heavy atom. The minimum absolute atomic E-state index is 0.405. The molecule has 14 heavy (non-hydrogen) atoms. The van der Waals surface area contributed by atoms with Crippen LogP contribution in [0.2, 0.25) is 0 Å². The average molecular weight is 190 g/mol. The van der Waals surface area contributed by atoms with E-state index in [0.717, 1.165) is 0 Å². The number of hydrogen-bond donors (Lipinski definition) is 3. The quantitative estimate of drug-likeness (QED) is 0.616. The first-order chi connectivity index (χ1) is 6.52. The lowest BCUT2D eigenvalue weighted by molar-refractivity contribution is 1.24. The smallest absolute Gasteiger partial charge is 0.0738 e. The first-order valence-corrected chi connectivity index (χ1v) is 4.26. The van der Waals surface area contributed by atoms with Crippen LogP contribution in [0.4, 0.5) is 5.69 Å². The summed E-state index contributed by atoms with van der Waals surface area (Å²) in [7, 11) is 0. The fourth-order valence-electron chi connectivity index (χ4n) is 1.24. The molecule has 5 N–H and O–H groups in total. The van der Waals surface area contributed by atoms with E-state index in [1.807, 2.05) is 0 Å². The summed E-state index contributed by atoms with van der Waals surface area (Å²) >= 11 is 0. The fourth-order valence-corrected chi connectivity index (χ4v) is 1.24. The maximum Gasteiger partial charge on any atom is 0.0738 e. The van der Waals surface area contributed by atoms with Gasteiger partial charge in [-0.15, -0.1) is 0 Å². The predicted molar refractivity (Wildman–Crippen MR) is 58.8 cm³/mol. The zero-order valence-corrected chi connectivity index (χ0v) is 8.33. The Labute approximate surface area is 83.2 Å². The highest BCUT2D eigenvalue weighted by atomic mass is 14.7. The van der Waals surface area contributed by atoms with Crippen LogP contribution in [0, 0.1) is 5.41 Å². The molecule has 1 aromatic heterocycles. The van der Waals surface area contributed by atoms with Crippen molar-refractivity contribution >= 4 is 17.0 Å². The Balaban J connectivity index is 3.21. The van der Waals surface area contributed by atoms with Gasteiger partial charge in [-0.1, -0.05) is 0 Å². The summed E-state index contributed by atoms with van der Waals surface area (Å²) in [5.41, 5.74) is 14.1. The number of allylic oxidation sites excluding steroid dienone is 2. The summed E-state index contributed by atoms with van der Waals surface area (Å²) in [5.74, 6) is 0. The van der Waals surface area contributed by atoms with E-state index in [1.54, 1.807) is 32.2 Å². The number of pyridine rings is 1. The van der Waals surface area contributed by atoms with Gasteiger partial charge in [-0.2, -0.15) is 0 Å². The maximum absolute atomic E-state index is 7.56. The second kappa shape index (κ2) is 3.91. The molecule has 0 unspecified atom stereocenters. The largest absolute Gasteiger partial charge is 0.402 e. The summed E-state index contributed by atoms with van der Waals surface area (Å²) in [6.07, 6.45) is 1.56. The van der Waals surface area contributed by atoms with Crippen LogP contribution in [-0.4, -0.2) is 10.7 Å². The molecule has 1 heterocycles. The lowest BCUT2D eigenvalue weighted by Gasteiger charge is -2.07. The number of aromatic nitrogens is 1. The van der Waals surface area contributed by atoms with Gasteiger partial charge in [0, 0.05) is 17.0 Å². The first-order valence-electron chi connectivity index (χ1n) is 4.26. The van der Waals surface area contributed by atoms with E-state index >= 15 is 0 Å². The number of anilines is 1. The lowest BCUT2D eigenvalue weighted by Crippen LogP contribution is -2.06. The van der Waals surface area contributed by atoms with Crippen molar-refractivity contribution in [1.29, 1.82) is 5.41 Å². The highest BCUT2D eigenvalue weighted by molar-refractivity contribution is 6.21. The van der Waals surface area contributed by atoms with Crippen LogP contribution >= 0.6 is 0 Å². The van der Waals surface area contributed by atoms with Crippen molar-refractivity contribution in [2.45, 2.75) is 13.8 Å². The van der Waals surface area contributed by atoms with Crippen molar-refractivity contribution < 1.29 is 0 Å². The summed E-state index contributed by atoms with van der Waals surface area (Å²) in [6.45, 7) is 3.44. The van der Waals surface area contributed by atoms with Gasteiger partial charge >= 0.3 is 0 Å². The van der Waals surface area contributed by atoms with Crippen LogP contribution in [0.5, 0.6) is 0 Å². The minimum Gasteiger partial charge on any atom is -0.402 e. The summed E-state index contributed by atoms with van der Waals surface area (Å²) in [5, 5.41) is 7.56. The highest BCUT2D eigenvalue weighted by Gasteiger charge is 2.07. The summed E-state index contributed by atoms with van der Waals surface area (Å²) < 4.78 is 0. The number of nitrogen functional groups attached to an aromatic ring is 1. The molecule has 0 aliphatic carbocycles. The SMILES string of the molecule is CC(=N)C(=C(C)N)c1ccc(N)cn1. The topological polar surface area (TPSA) is 88.8 Å². The lowest BCUT2D eigenvalue weighted by atomic mass is 10.1. The van der Waals surface area contributed by atoms with E-state index < -0.39 is 0 Å². The van der Waals surface area contributed by atoms with Crippen molar-refractivity contribution in [2.75, 3.05) is 5.73 Å². The molecule has 1 rings (SSSR count). The van der Waals surface area contributed by atoms with Crippen LogP contribution < -0.4 is 11.5 Å². The zero-order valence-electron chi connectivity index (χ0n) is 8.33. The van der Waals surface area contributed by atoms with Gasteiger partial charge in [-0.3, -0.25) is 4.98 Å². The van der Waals surface area contributed by atoms with Gasteiger partial charge in [-0.25, -0.2) is 0 Å². The molecule has 0 saturated heterocycles. The summed E-state index contributed by atoms with van der Waals surface area (Å²) in [4.78, 5) is 4.12. The van der Waals surface area contributed by atoms with Gasteiger partial charge < -0.3 is 16.9 Å². The van der Waals surface area contributed by atoms with Crippen molar-refractivity contribution in [3.05, 3.63) is 29.7 Å². The normalized spacial score (nSPS) is 12.1. The Morgan fingerprint density at radius 1 is 1.36 bits per heavy atom. The standard InChI is InChI=1S/C10H14N4/c1-6(11)10(7(2)12)9-4-3-8(13)5-14-9/h3-5,11H,12-13H2,1-2H3. The fraction of sp³-hybridized carbons (Fsp3) is 0.200. The minimum atomic E-state index is 0.405. The van der Waals surface area contributed by atoms with Crippen LogP contribution in [-0.2, 0) is 0 Å². The predicted octanol–water partition coefficient (Wildman–Crippen LogP) is 1.39. The third kappa shape index (κ3) is 2.10. The Bertz CT molecular complexity index is 372. The molecule has 0 spiro atoms. The third-order valence-corrected chi connectivity index (χ3v) is 1.81. The Morgan fingerprint density at radius 2 is 2.00 bits per heavy atom. The molecule has 4 nitrogen and oxygen atoms in total. The molecule has 0 aromatic carbocycles. The van der Waals surface area contributed by atoms with E-state index in [4.69, 9.17) is 16.9 Å². The molecular weight excluding hydrogens is 176 g/mol. The average Bonchev–Trinajstić information content (AvgIpc) is 2.07. The number of nitrogens with one attached hydrogen (secondary N) is 1. The van der Waals surface area contributed by atoms with E-state index in [2.05, 4.69) is 4.98 Å². The van der Waals surface area contributed by atoms with Gasteiger partial charge in [-0.05, 0) is 26.0 Å². The van der Waals surface area contributed by atoms with Crippen LogP contribution in [0.3, 0.4) is 0 Å². The molecular formula is C10H14N4. The van der Waals surface area contributed by atoms with E-state index in [9.17, 15) is 0 Å². The molecule has 0 bridgehead atoms. The van der Waals surface area contributed by atoms with Crippen LogP contribution in [0.25, 0.3) is 5.57 Å². The monoisotopic (exact) mass is 190 g/mol. The molecule has 0 amide bonds. The van der Waals surface area contributed by atoms with Crippen molar-refractivity contribution in [1.82, 2.24) is 4.98 Å². The third-order valence-electron chi connectivity index (χ3n) is 1.81. The van der Waals surface area contributed by atoms with Gasteiger partial charge in [0.2, 0.25) is 0 Å². The van der Waals surface area contributed by atoms with Crippen molar-refractivity contribution in [3.63, 3.8) is 0 Å². The molecule has 74 valence electrons. The van der Waals surface area contributed by atoms with E-state index in [1.165, 1.54) is 0 Å². The van der Waals surface area contributed by atoms with Crippen LogP contribution in [0.1, 0.15) is 19.5 Å². The zero-order chi connectivity index (χ0) is 10.7. The Hall–Kier alpha value is -1.84. The molecule has 4 heteroatoms. The maximum atomic E-state index is 7.56. The number of rotatable bonds is 2. The van der Waals surface area contributed by atoms with Crippen LogP contribution in [0.15, 0.2) is 24.0 Å². The Kier molecular flexibility index (Phi) is 2.86. The molecule has 0 aliphatic heterocycles. The molecule has 0 atom stereocenters. The van der Waals surface area contributed by atoms with Crippen molar-refractivity contribution in [2.24, 2.45) is 5.73 Å². The molecule has 0 fully saturated rings. The number of nitrogens with two attached hydrogens (primary N) is 2. The van der Waals surface area contributed by atoms with Gasteiger partial charge in [0.05, 0.1) is 17.6 Å². The second-order valence-electron chi connectivity index (χ2n) is 3.16.